The Balaban J connectivity index is 1.87. The third-order valence-corrected chi connectivity index (χ3v) is 3.40. The number of nitrogens with zero attached hydrogens (tertiary/aromatic N) is 2. The van der Waals surface area contributed by atoms with E-state index in [0.29, 0.717) is 16.9 Å². The molecule has 1 aliphatic rings. The van der Waals surface area contributed by atoms with Gasteiger partial charge in [0.2, 0.25) is 0 Å². The highest BCUT2D eigenvalue weighted by Crippen LogP contribution is 2.20. The predicted molar refractivity (Wildman–Crippen MR) is 68.5 cm³/mol. The van der Waals surface area contributed by atoms with Crippen LogP contribution >= 0.6 is 11.6 Å². The Hall–Kier alpha value is -0.870. The quantitative estimate of drug-likeness (QED) is 0.898. The van der Waals surface area contributed by atoms with Crippen LogP contribution in [0.15, 0.2) is 0 Å². The summed E-state index contributed by atoms with van der Waals surface area (Å²) in [6.45, 7) is 6.50. The number of hydrogen-bond acceptors (Lipinski definition) is 4. The van der Waals surface area contributed by atoms with Crippen LogP contribution in [0.5, 0.6) is 0 Å². The number of halogens is 1. The number of nitrogens with one attached hydrogen (secondary N) is 1. The maximum absolute atomic E-state index is 6.04. The van der Waals surface area contributed by atoms with Gasteiger partial charge in [-0.25, -0.2) is 9.97 Å². The molecule has 0 aromatic carbocycles. The van der Waals surface area contributed by atoms with Crippen LogP contribution in [0.3, 0.4) is 0 Å². The van der Waals surface area contributed by atoms with Crippen LogP contribution in [0.1, 0.15) is 24.2 Å². The fourth-order valence-corrected chi connectivity index (χ4v) is 2.13. The molecule has 94 valence electrons. The zero-order valence-corrected chi connectivity index (χ0v) is 11.0. The number of rotatable bonds is 4. The maximum Gasteiger partial charge on any atom is 0.171 e. The van der Waals surface area contributed by atoms with E-state index in [2.05, 4.69) is 15.3 Å². The molecule has 17 heavy (non-hydrogen) atoms. The van der Waals surface area contributed by atoms with Crippen LogP contribution in [0.2, 0.25) is 5.15 Å². The minimum Gasteiger partial charge on any atom is -0.381 e. The molecule has 0 saturated carbocycles. The van der Waals surface area contributed by atoms with Gasteiger partial charge in [0.1, 0.15) is 0 Å². The van der Waals surface area contributed by atoms with E-state index in [1.807, 2.05) is 13.8 Å². The zero-order valence-electron chi connectivity index (χ0n) is 10.3. The van der Waals surface area contributed by atoms with Crippen molar-refractivity contribution in [2.24, 2.45) is 5.92 Å². The van der Waals surface area contributed by atoms with E-state index in [0.717, 1.165) is 44.0 Å². The molecule has 1 saturated heterocycles. The van der Waals surface area contributed by atoms with Crippen molar-refractivity contribution < 1.29 is 4.74 Å². The molecule has 1 aliphatic heterocycles. The lowest BCUT2D eigenvalue weighted by Gasteiger charge is -2.11. The molecular weight excluding hydrogens is 238 g/mol. The van der Waals surface area contributed by atoms with E-state index < -0.39 is 0 Å². The molecule has 0 spiro atoms. The highest BCUT2D eigenvalue weighted by molar-refractivity contribution is 6.31. The van der Waals surface area contributed by atoms with Crippen LogP contribution in [0.4, 0.5) is 5.82 Å². The average molecular weight is 256 g/mol. The van der Waals surface area contributed by atoms with E-state index in [-0.39, 0.29) is 0 Å². The molecule has 0 aliphatic carbocycles. The molecule has 0 bridgehead atoms. The minimum atomic E-state index is 0.454. The molecule has 2 heterocycles. The second-order valence-electron chi connectivity index (χ2n) is 4.48. The van der Waals surface area contributed by atoms with Crippen LogP contribution in [-0.4, -0.2) is 29.7 Å². The molecular formula is C12H18ClN3O. The molecule has 0 radical (unpaired) electrons. The smallest absolute Gasteiger partial charge is 0.171 e. The van der Waals surface area contributed by atoms with Gasteiger partial charge >= 0.3 is 0 Å². The summed E-state index contributed by atoms with van der Waals surface area (Å²) in [6.07, 6.45) is 2.25. The predicted octanol–water partition coefficient (Wildman–Crippen LogP) is 2.59. The van der Waals surface area contributed by atoms with Crippen LogP contribution < -0.4 is 5.32 Å². The van der Waals surface area contributed by atoms with Crippen molar-refractivity contribution in [2.45, 2.75) is 26.7 Å². The summed E-state index contributed by atoms with van der Waals surface area (Å²) >= 11 is 6.04. The second kappa shape index (κ2) is 5.65. The van der Waals surface area contributed by atoms with E-state index in [9.17, 15) is 0 Å². The molecule has 1 unspecified atom stereocenters. The summed E-state index contributed by atoms with van der Waals surface area (Å²) in [5.41, 5.74) is 1.80. The molecule has 1 aromatic heterocycles. The molecule has 1 N–H and O–H groups in total. The fraction of sp³-hybridized carbons (Fsp3) is 0.667. The molecule has 0 amide bonds. The van der Waals surface area contributed by atoms with Crippen molar-refractivity contribution in [2.75, 3.05) is 25.1 Å². The van der Waals surface area contributed by atoms with Gasteiger partial charge in [0.25, 0.3) is 0 Å². The van der Waals surface area contributed by atoms with Crippen molar-refractivity contribution in [1.29, 1.82) is 0 Å². The zero-order chi connectivity index (χ0) is 12.3. The summed E-state index contributed by atoms with van der Waals surface area (Å²) in [4.78, 5) is 8.64. The molecule has 1 fully saturated rings. The number of aromatic nitrogens is 2. The van der Waals surface area contributed by atoms with Gasteiger partial charge in [-0.3, -0.25) is 0 Å². The number of anilines is 1. The average Bonchev–Trinajstić information content (AvgIpc) is 2.78. The van der Waals surface area contributed by atoms with Gasteiger partial charge in [0, 0.05) is 19.8 Å². The molecule has 5 heteroatoms. The third kappa shape index (κ3) is 3.30. The lowest BCUT2D eigenvalue weighted by Crippen LogP contribution is -2.11. The highest BCUT2D eigenvalue weighted by atomic mass is 35.5. The van der Waals surface area contributed by atoms with Crippen molar-refractivity contribution in [3.63, 3.8) is 0 Å². The lowest BCUT2D eigenvalue weighted by molar-refractivity contribution is 0.185. The first-order chi connectivity index (χ1) is 8.16. The standard InChI is InChI=1S/C12H18ClN3O/c1-8-9(2)16-12(11(13)15-8)14-5-3-10-4-6-17-7-10/h10H,3-7H2,1-2H3,(H,14,16). The lowest BCUT2D eigenvalue weighted by atomic mass is 10.1. The topological polar surface area (TPSA) is 47.0 Å². The maximum atomic E-state index is 6.04. The molecule has 1 atom stereocenters. The number of hydrogen-bond donors (Lipinski definition) is 1. The fourth-order valence-electron chi connectivity index (χ4n) is 1.89. The molecule has 1 aromatic rings. The van der Waals surface area contributed by atoms with Gasteiger partial charge in [-0.2, -0.15) is 0 Å². The first kappa shape index (κ1) is 12.6. The van der Waals surface area contributed by atoms with Crippen LogP contribution in [0.25, 0.3) is 0 Å². The Labute approximate surface area is 107 Å². The van der Waals surface area contributed by atoms with Gasteiger partial charge in [0.05, 0.1) is 11.4 Å². The van der Waals surface area contributed by atoms with Gasteiger partial charge in [-0.15, -0.1) is 0 Å². The first-order valence-electron chi connectivity index (χ1n) is 5.99. The van der Waals surface area contributed by atoms with E-state index in [4.69, 9.17) is 16.3 Å². The summed E-state index contributed by atoms with van der Waals surface area (Å²) in [7, 11) is 0. The van der Waals surface area contributed by atoms with Crippen molar-refractivity contribution >= 4 is 17.4 Å². The number of aryl methyl sites for hydroxylation is 2. The van der Waals surface area contributed by atoms with Crippen LogP contribution in [0, 0.1) is 19.8 Å². The Morgan fingerprint density at radius 1 is 1.35 bits per heavy atom. The Morgan fingerprint density at radius 2 is 2.12 bits per heavy atom. The summed E-state index contributed by atoms with van der Waals surface area (Å²) < 4.78 is 5.34. The van der Waals surface area contributed by atoms with E-state index in [1.54, 1.807) is 0 Å². The summed E-state index contributed by atoms with van der Waals surface area (Å²) in [6, 6.07) is 0. The largest absolute Gasteiger partial charge is 0.381 e. The van der Waals surface area contributed by atoms with Gasteiger partial charge in [-0.05, 0) is 32.6 Å². The van der Waals surface area contributed by atoms with Gasteiger partial charge in [-0.1, -0.05) is 11.6 Å². The van der Waals surface area contributed by atoms with Gasteiger partial charge in [0.15, 0.2) is 11.0 Å². The molecule has 4 nitrogen and oxygen atoms in total. The van der Waals surface area contributed by atoms with Crippen LogP contribution in [-0.2, 0) is 4.74 Å². The normalized spacial score (nSPS) is 19.6. The summed E-state index contributed by atoms with van der Waals surface area (Å²) in [5.74, 6) is 1.36. The second-order valence-corrected chi connectivity index (χ2v) is 4.84. The molecule has 2 rings (SSSR count). The van der Waals surface area contributed by atoms with Crippen molar-refractivity contribution in [3.05, 3.63) is 16.5 Å². The number of ether oxygens (including phenoxy) is 1. The Kier molecular flexibility index (Phi) is 4.18. The van der Waals surface area contributed by atoms with Gasteiger partial charge < -0.3 is 10.1 Å². The third-order valence-electron chi connectivity index (χ3n) is 3.13. The SMILES string of the molecule is Cc1nc(Cl)c(NCCC2CCOC2)nc1C. The van der Waals surface area contributed by atoms with Crippen molar-refractivity contribution in [3.8, 4) is 0 Å². The first-order valence-corrected chi connectivity index (χ1v) is 6.37. The Morgan fingerprint density at radius 3 is 2.82 bits per heavy atom. The monoisotopic (exact) mass is 255 g/mol. The Bertz CT molecular complexity index is 392. The van der Waals surface area contributed by atoms with E-state index in [1.165, 1.54) is 0 Å². The van der Waals surface area contributed by atoms with Crippen molar-refractivity contribution in [1.82, 2.24) is 9.97 Å². The summed E-state index contributed by atoms with van der Waals surface area (Å²) in [5, 5.41) is 3.70. The minimum absolute atomic E-state index is 0.454. The van der Waals surface area contributed by atoms with E-state index >= 15 is 0 Å². The highest BCUT2D eigenvalue weighted by Gasteiger charge is 2.15.